The molecule has 0 aliphatic heterocycles. The lowest BCUT2D eigenvalue weighted by molar-refractivity contribution is 0.402. The van der Waals surface area contributed by atoms with Gasteiger partial charge in [-0.05, 0) is 12.8 Å². The van der Waals surface area contributed by atoms with Crippen LogP contribution in [-0.4, -0.2) is 11.8 Å². The highest BCUT2D eigenvalue weighted by molar-refractivity contribution is 5.29. The second-order valence-electron chi connectivity index (χ2n) is 1.14. The Morgan fingerprint density at radius 1 is 1.75 bits per heavy atom. The summed E-state index contributed by atoms with van der Waals surface area (Å²) in [5.74, 6) is -0.278. The number of aliphatic hydroxyl groups is 1. The van der Waals surface area contributed by atoms with Gasteiger partial charge in [-0.15, -0.1) is 0 Å². The van der Waals surface area contributed by atoms with Crippen molar-refractivity contribution in [1.82, 2.24) is 0 Å². The van der Waals surface area contributed by atoms with E-state index >= 15 is 0 Å². The van der Waals surface area contributed by atoms with Gasteiger partial charge in [-0.1, -0.05) is 6.58 Å². The van der Waals surface area contributed by atoms with Crippen molar-refractivity contribution >= 4 is 6.72 Å². The first-order valence-electron chi connectivity index (χ1n) is 2.00. The van der Waals surface area contributed by atoms with E-state index in [1.165, 1.54) is 6.08 Å². The number of nitrogens with two attached hydrogens (primary N) is 1. The Balaban J connectivity index is 4.25. The van der Waals surface area contributed by atoms with Crippen LogP contribution in [0.25, 0.3) is 0 Å². The van der Waals surface area contributed by atoms with Gasteiger partial charge in [0.25, 0.3) is 0 Å². The Hall–Kier alpha value is -1.25. The van der Waals surface area contributed by atoms with Crippen molar-refractivity contribution in [1.29, 1.82) is 0 Å². The molecule has 0 bridgehead atoms. The molecule has 0 aromatic heterocycles. The van der Waals surface area contributed by atoms with Crippen LogP contribution in [0.3, 0.4) is 0 Å². The predicted octanol–water partition coefficient (Wildman–Crippen LogP) is 0.559. The third-order valence-electron chi connectivity index (χ3n) is 0.628. The number of aliphatic imine (C=N–C) groups is 1. The lowest BCUT2D eigenvalue weighted by atomic mass is 10.5. The molecule has 0 rings (SSSR count). The maximum Gasteiger partial charge on any atom is 0.234 e. The Morgan fingerprint density at radius 3 is 2.38 bits per heavy atom. The number of hydrogen-bond donors (Lipinski definition) is 2. The summed E-state index contributed by atoms with van der Waals surface area (Å²) in [5, 5.41) is 8.58. The molecule has 0 atom stereocenters. The lowest BCUT2D eigenvalue weighted by Crippen LogP contribution is -1.96. The first-order chi connectivity index (χ1) is 3.72. The molecule has 0 aromatic rings. The molecule has 3 heteroatoms. The molecule has 0 spiro atoms. The molecule has 0 radical (unpaired) electrons. The van der Waals surface area contributed by atoms with Crippen LogP contribution in [0.2, 0.25) is 0 Å². The van der Waals surface area contributed by atoms with Gasteiger partial charge < -0.3 is 10.8 Å². The van der Waals surface area contributed by atoms with E-state index in [-0.39, 0.29) is 11.6 Å². The van der Waals surface area contributed by atoms with E-state index in [1.54, 1.807) is 0 Å². The van der Waals surface area contributed by atoms with E-state index < -0.39 is 0 Å². The zero-order valence-corrected chi connectivity index (χ0v) is 4.46. The number of rotatable bonds is 2. The third kappa shape index (κ3) is 1.47. The van der Waals surface area contributed by atoms with Gasteiger partial charge in [0.2, 0.25) is 5.88 Å². The summed E-state index contributed by atoms with van der Waals surface area (Å²) in [5.41, 5.74) is 5.24. The van der Waals surface area contributed by atoms with Crippen molar-refractivity contribution in [3.8, 4) is 0 Å². The third-order valence-corrected chi connectivity index (χ3v) is 0.628. The molecule has 3 N–H and O–H groups in total. The standard InChI is InChI=1S/C5H8N2O/c1-3-4(6)5(8)7-2/h3,8H,1-2,6H2/b5-4-. The van der Waals surface area contributed by atoms with Crippen molar-refractivity contribution in [2.75, 3.05) is 0 Å². The van der Waals surface area contributed by atoms with Crippen molar-refractivity contribution in [2.24, 2.45) is 10.7 Å². The zero-order chi connectivity index (χ0) is 6.57. The molecular formula is C5H8N2O. The van der Waals surface area contributed by atoms with Gasteiger partial charge in [0.05, 0.1) is 5.70 Å². The van der Waals surface area contributed by atoms with Crippen molar-refractivity contribution in [2.45, 2.75) is 0 Å². The second kappa shape index (κ2) is 2.85. The molecule has 0 amide bonds. The van der Waals surface area contributed by atoms with Gasteiger partial charge in [0.15, 0.2) is 0 Å². The highest BCUT2D eigenvalue weighted by Gasteiger charge is 1.88. The minimum Gasteiger partial charge on any atom is -0.492 e. The molecule has 0 heterocycles. The van der Waals surface area contributed by atoms with Crippen LogP contribution in [0, 0.1) is 0 Å². The summed E-state index contributed by atoms with van der Waals surface area (Å²) in [6, 6.07) is 0. The highest BCUT2D eigenvalue weighted by Crippen LogP contribution is 1.93. The maximum atomic E-state index is 8.58. The Labute approximate surface area is 47.8 Å². The van der Waals surface area contributed by atoms with Gasteiger partial charge in [0.1, 0.15) is 0 Å². The minimum atomic E-state index is -0.278. The molecule has 0 saturated carbocycles. The van der Waals surface area contributed by atoms with Crippen LogP contribution in [0.1, 0.15) is 0 Å². The summed E-state index contributed by atoms with van der Waals surface area (Å²) >= 11 is 0. The fraction of sp³-hybridized carbons (Fsp3) is 0. The van der Waals surface area contributed by atoms with Gasteiger partial charge in [-0.25, -0.2) is 4.99 Å². The van der Waals surface area contributed by atoms with E-state index in [9.17, 15) is 0 Å². The van der Waals surface area contributed by atoms with E-state index in [1.807, 2.05) is 0 Å². The molecule has 0 aliphatic carbocycles. The van der Waals surface area contributed by atoms with Crippen LogP contribution in [0.4, 0.5) is 0 Å². The van der Waals surface area contributed by atoms with Crippen LogP contribution >= 0.6 is 0 Å². The molecule has 8 heavy (non-hydrogen) atoms. The monoisotopic (exact) mass is 112 g/mol. The zero-order valence-electron chi connectivity index (χ0n) is 4.46. The van der Waals surface area contributed by atoms with Crippen molar-refractivity contribution in [3.05, 3.63) is 24.2 Å². The fourth-order valence-corrected chi connectivity index (χ4v) is 0.183. The molecule has 44 valence electrons. The lowest BCUT2D eigenvalue weighted by Gasteiger charge is -1.90. The summed E-state index contributed by atoms with van der Waals surface area (Å²) in [6.07, 6.45) is 1.30. The summed E-state index contributed by atoms with van der Waals surface area (Å²) in [7, 11) is 0. The molecule has 3 nitrogen and oxygen atoms in total. The van der Waals surface area contributed by atoms with E-state index in [4.69, 9.17) is 10.8 Å². The van der Waals surface area contributed by atoms with Gasteiger partial charge >= 0.3 is 0 Å². The number of hydrogen-bond acceptors (Lipinski definition) is 3. The van der Waals surface area contributed by atoms with Crippen molar-refractivity contribution in [3.63, 3.8) is 0 Å². The first-order valence-corrected chi connectivity index (χ1v) is 2.00. The summed E-state index contributed by atoms with van der Waals surface area (Å²) in [6.45, 7) is 6.34. The maximum absolute atomic E-state index is 8.58. The molecule has 0 aliphatic rings. The van der Waals surface area contributed by atoms with Crippen molar-refractivity contribution < 1.29 is 5.11 Å². The predicted molar refractivity (Wildman–Crippen MR) is 33.6 cm³/mol. The van der Waals surface area contributed by atoms with Gasteiger partial charge in [-0.2, -0.15) is 0 Å². The van der Waals surface area contributed by atoms with E-state index in [2.05, 4.69) is 18.3 Å². The number of nitrogens with zero attached hydrogens (tertiary/aromatic N) is 1. The molecule has 0 fully saturated rings. The van der Waals surface area contributed by atoms with Crippen LogP contribution in [0.15, 0.2) is 29.2 Å². The topological polar surface area (TPSA) is 58.6 Å². The van der Waals surface area contributed by atoms with E-state index in [0.29, 0.717) is 0 Å². The van der Waals surface area contributed by atoms with Crippen LogP contribution in [0.5, 0.6) is 0 Å². The summed E-state index contributed by atoms with van der Waals surface area (Å²) in [4.78, 5) is 3.15. The highest BCUT2D eigenvalue weighted by atomic mass is 16.3. The Morgan fingerprint density at radius 2 is 2.25 bits per heavy atom. The minimum absolute atomic E-state index is 0.139. The average molecular weight is 112 g/mol. The largest absolute Gasteiger partial charge is 0.492 e. The SMILES string of the molecule is C=C/C(N)=C(/O)N=C. The van der Waals surface area contributed by atoms with Gasteiger partial charge in [0, 0.05) is 0 Å². The summed E-state index contributed by atoms with van der Waals surface area (Å²) < 4.78 is 0. The molecule has 0 saturated heterocycles. The Bertz CT molecular complexity index is 121. The molecular weight excluding hydrogens is 104 g/mol. The fourth-order valence-electron chi connectivity index (χ4n) is 0.183. The average Bonchev–Trinajstić information content (AvgIpc) is 1.84. The van der Waals surface area contributed by atoms with Crippen LogP contribution in [-0.2, 0) is 0 Å². The number of aliphatic hydroxyl groups excluding tert-OH is 1. The molecule has 0 unspecified atom stereocenters. The molecule has 0 aromatic carbocycles. The smallest absolute Gasteiger partial charge is 0.234 e. The van der Waals surface area contributed by atoms with Gasteiger partial charge in [-0.3, -0.25) is 0 Å². The number of allylic oxidation sites excluding steroid dienone is 1. The quantitative estimate of drug-likeness (QED) is 0.311. The normalized spacial score (nSPS) is 12.0. The first kappa shape index (κ1) is 6.75. The van der Waals surface area contributed by atoms with E-state index in [0.717, 1.165) is 0 Å². The van der Waals surface area contributed by atoms with Crippen LogP contribution < -0.4 is 5.73 Å². The Kier molecular flexibility index (Phi) is 2.40. The second-order valence-corrected chi connectivity index (χ2v) is 1.14.